The lowest BCUT2D eigenvalue weighted by Gasteiger charge is -2.13. The van der Waals surface area contributed by atoms with E-state index in [1.165, 1.54) is 16.0 Å². The predicted molar refractivity (Wildman–Crippen MR) is 98.2 cm³/mol. The molecule has 4 rings (SSSR count). The molecule has 8 nitrogen and oxygen atoms in total. The smallest absolute Gasteiger partial charge is 0.275 e. The molecule has 132 valence electrons. The van der Waals surface area contributed by atoms with Crippen LogP contribution < -0.4 is 10.9 Å². The maximum atomic E-state index is 12.6. The molecule has 1 atom stereocenters. The molecule has 0 aliphatic rings. The number of amides is 1. The lowest BCUT2D eigenvalue weighted by Crippen LogP contribution is -2.35. The molecule has 1 aromatic carbocycles. The van der Waals surface area contributed by atoms with Gasteiger partial charge in [-0.3, -0.25) is 9.59 Å². The second-order valence-electron chi connectivity index (χ2n) is 6.01. The first-order valence-corrected chi connectivity index (χ1v) is 8.95. The van der Waals surface area contributed by atoms with E-state index in [1.807, 2.05) is 26.0 Å². The summed E-state index contributed by atoms with van der Waals surface area (Å²) in [6.07, 6.45) is 1.78. The standard InChI is InChI=1S/C17H16N6O2S/c1-10-12-5-3-4-6-13(12)16(25)22(21-10)8-15(24)19-11(2)14-7-23-17(20-14)26-9-18-23/h3-7,9,11H,8H2,1-2H3,(H,19,24)/t11-/m1/s1. The highest BCUT2D eigenvalue weighted by Crippen LogP contribution is 2.15. The zero-order valence-electron chi connectivity index (χ0n) is 14.2. The van der Waals surface area contributed by atoms with Gasteiger partial charge in [0.1, 0.15) is 12.1 Å². The van der Waals surface area contributed by atoms with Crippen molar-refractivity contribution in [1.29, 1.82) is 0 Å². The molecule has 3 heterocycles. The summed E-state index contributed by atoms with van der Waals surface area (Å²) in [4.78, 5) is 30.1. The van der Waals surface area contributed by atoms with Gasteiger partial charge in [0.2, 0.25) is 10.9 Å². The topological polar surface area (TPSA) is 94.2 Å². The fraction of sp³-hybridized carbons (Fsp3) is 0.235. The van der Waals surface area contributed by atoms with Gasteiger partial charge >= 0.3 is 0 Å². The zero-order valence-corrected chi connectivity index (χ0v) is 15.0. The number of aryl methyl sites for hydroxylation is 1. The van der Waals surface area contributed by atoms with Crippen LogP contribution in [0.4, 0.5) is 0 Å². The van der Waals surface area contributed by atoms with Crippen LogP contribution in [0.2, 0.25) is 0 Å². The van der Waals surface area contributed by atoms with E-state index in [9.17, 15) is 9.59 Å². The van der Waals surface area contributed by atoms with Crippen LogP contribution in [0, 0.1) is 6.92 Å². The number of nitrogens with one attached hydrogen (secondary N) is 1. The summed E-state index contributed by atoms with van der Waals surface area (Å²) >= 11 is 1.42. The van der Waals surface area contributed by atoms with E-state index in [0.29, 0.717) is 16.8 Å². The second kappa shape index (κ2) is 6.34. The van der Waals surface area contributed by atoms with Crippen LogP contribution in [0.3, 0.4) is 0 Å². The molecule has 26 heavy (non-hydrogen) atoms. The third-order valence-corrected chi connectivity index (χ3v) is 4.86. The van der Waals surface area contributed by atoms with Crippen LogP contribution in [0.15, 0.2) is 40.8 Å². The highest BCUT2D eigenvalue weighted by atomic mass is 32.1. The molecular formula is C17H16N6O2S. The van der Waals surface area contributed by atoms with Gasteiger partial charge in [-0.05, 0) is 19.9 Å². The van der Waals surface area contributed by atoms with Gasteiger partial charge in [-0.15, -0.1) is 0 Å². The first-order valence-electron chi connectivity index (χ1n) is 8.07. The van der Waals surface area contributed by atoms with E-state index in [0.717, 1.165) is 10.3 Å². The summed E-state index contributed by atoms with van der Waals surface area (Å²) in [6, 6.07) is 6.96. The number of benzene rings is 1. The van der Waals surface area contributed by atoms with E-state index in [4.69, 9.17) is 0 Å². The lowest BCUT2D eigenvalue weighted by molar-refractivity contribution is -0.122. The Balaban J connectivity index is 1.54. The van der Waals surface area contributed by atoms with Gasteiger partial charge in [0.25, 0.3) is 5.56 Å². The van der Waals surface area contributed by atoms with Crippen LogP contribution >= 0.6 is 11.3 Å². The van der Waals surface area contributed by atoms with Crippen molar-refractivity contribution in [3.63, 3.8) is 0 Å². The molecule has 1 N–H and O–H groups in total. The minimum Gasteiger partial charge on any atom is -0.346 e. The SMILES string of the molecule is Cc1nn(CC(=O)N[C@H](C)c2cn3ncsc3n2)c(=O)c2ccccc12. The van der Waals surface area contributed by atoms with Crippen molar-refractivity contribution >= 4 is 33.0 Å². The zero-order chi connectivity index (χ0) is 18.3. The normalized spacial score (nSPS) is 12.5. The third-order valence-electron chi connectivity index (χ3n) is 4.17. The summed E-state index contributed by atoms with van der Waals surface area (Å²) in [5.74, 6) is -0.300. The molecular weight excluding hydrogens is 352 g/mol. The van der Waals surface area contributed by atoms with E-state index < -0.39 is 0 Å². The molecule has 0 saturated heterocycles. The lowest BCUT2D eigenvalue weighted by atomic mass is 10.1. The van der Waals surface area contributed by atoms with Crippen molar-refractivity contribution in [2.75, 3.05) is 0 Å². The van der Waals surface area contributed by atoms with Gasteiger partial charge < -0.3 is 5.32 Å². The van der Waals surface area contributed by atoms with Crippen molar-refractivity contribution in [3.05, 3.63) is 57.7 Å². The minimum absolute atomic E-state index is 0.144. The Morgan fingerprint density at radius 3 is 2.85 bits per heavy atom. The maximum Gasteiger partial charge on any atom is 0.275 e. The molecule has 0 bridgehead atoms. The van der Waals surface area contributed by atoms with Crippen LogP contribution in [-0.4, -0.2) is 30.3 Å². The first-order chi connectivity index (χ1) is 12.5. The number of rotatable bonds is 4. The molecule has 0 spiro atoms. The minimum atomic E-state index is -0.300. The number of imidazole rings is 1. The van der Waals surface area contributed by atoms with Gasteiger partial charge in [-0.1, -0.05) is 29.5 Å². The van der Waals surface area contributed by atoms with Crippen LogP contribution in [0.5, 0.6) is 0 Å². The van der Waals surface area contributed by atoms with Gasteiger partial charge in [-0.25, -0.2) is 14.2 Å². The molecule has 0 radical (unpaired) electrons. The van der Waals surface area contributed by atoms with Crippen molar-refractivity contribution in [2.24, 2.45) is 0 Å². The molecule has 1 amide bonds. The number of aromatic nitrogens is 5. The number of hydrogen-bond donors (Lipinski definition) is 1. The fourth-order valence-electron chi connectivity index (χ4n) is 2.87. The average Bonchev–Trinajstić information content (AvgIpc) is 3.21. The van der Waals surface area contributed by atoms with E-state index in [1.54, 1.807) is 28.4 Å². The van der Waals surface area contributed by atoms with Gasteiger partial charge in [0.15, 0.2) is 0 Å². The first kappa shape index (κ1) is 16.4. The van der Waals surface area contributed by atoms with Crippen LogP contribution in [0.1, 0.15) is 24.4 Å². The number of nitrogens with zero attached hydrogens (tertiary/aromatic N) is 5. The van der Waals surface area contributed by atoms with Crippen molar-refractivity contribution in [1.82, 2.24) is 29.7 Å². The van der Waals surface area contributed by atoms with Crippen molar-refractivity contribution < 1.29 is 4.79 Å². The molecule has 0 aliphatic carbocycles. The molecule has 9 heteroatoms. The summed E-state index contributed by atoms with van der Waals surface area (Å²) in [5.41, 5.74) is 2.85. The van der Waals surface area contributed by atoms with Gasteiger partial charge in [-0.2, -0.15) is 10.2 Å². The highest BCUT2D eigenvalue weighted by Gasteiger charge is 2.16. The maximum absolute atomic E-state index is 12.6. The molecule has 4 aromatic rings. The Hall–Kier alpha value is -3.07. The third kappa shape index (κ3) is 2.86. The second-order valence-corrected chi connectivity index (χ2v) is 6.83. The number of carbonyl (C=O) groups excluding carboxylic acids is 1. The van der Waals surface area contributed by atoms with Crippen LogP contribution in [0.25, 0.3) is 15.7 Å². The van der Waals surface area contributed by atoms with E-state index in [-0.39, 0.29) is 24.1 Å². The van der Waals surface area contributed by atoms with Gasteiger partial charge in [0, 0.05) is 5.39 Å². The molecule has 0 saturated carbocycles. The van der Waals surface area contributed by atoms with E-state index >= 15 is 0 Å². The van der Waals surface area contributed by atoms with E-state index in [2.05, 4.69) is 20.5 Å². The largest absolute Gasteiger partial charge is 0.346 e. The predicted octanol–water partition coefficient (Wildman–Crippen LogP) is 1.69. The molecule has 0 fully saturated rings. The Morgan fingerprint density at radius 1 is 1.31 bits per heavy atom. The number of carbonyl (C=O) groups is 1. The summed E-state index contributed by atoms with van der Waals surface area (Å²) in [7, 11) is 0. The Bertz CT molecular complexity index is 1150. The summed E-state index contributed by atoms with van der Waals surface area (Å²) < 4.78 is 2.87. The van der Waals surface area contributed by atoms with Crippen molar-refractivity contribution in [3.8, 4) is 0 Å². The fourth-order valence-corrected chi connectivity index (χ4v) is 3.48. The Kier molecular flexibility index (Phi) is 4.00. The number of fused-ring (bicyclic) bond motifs is 2. The van der Waals surface area contributed by atoms with Crippen molar-refractivity contribution in [2.45, 2.75) is 26.4 Å². The average molecular weight is 368 g/mol. The Labute approximate surface area is 152 Å². The monoisotopic (exact) mass is 368 g/mol. The Morgan fingerprint density at radius 2 is 2.08 bits per heavy atom. The summed E-state index contributed by atoms with van der Waals surface area (Å²) in [5, 5.41) is 12.6. The summed E-state index contributed by atoms with van der Waals surface area (Å²) in [6.45, 7) is 3.52. The van der Waals surface area contributed by atoms with Crippen LogP contribution in [-0.2, 0) is 11.3 Å². The molecule has 0 aliphatic heterocycles. The quantitative estimate of drug-likeness (QED) is 0.591. The highest BCUT2D eigenvalue weighted by molar-refractivity contribution is 7.14. The number of hydrogen-bond acceptors (Lipinski definition) is 6. The molecule has 0 unspecified atom stereocenters. The van der Waals surface area contributed by atoms with Gasteiger partial charge in [0.05, 0.1) is 29.0 Å². The molecule has 3 aromatic heterocycles.